The molecule has 0 amide bonds. The fourth-order valence-electron chi connectivity index (χ4n) is 4.16. The van der Waals surface area contributed by atoms with Crippen molar-refractivity contribution in [3.8, 4) is 17.1 Å². The SMILES string of the molecule is Cc1ccc(-c2noc(C(C)N3CCN(c4cnn(-c5ccccc5)c(=O)c4Cl)CC3)n2)cc1F. The van der Waals surface area contributed by atoms with Crippen LogP contribution in [0.15, 0.2) is 64.0 Å². The molecule has 2 aromatic heterocycles. The molecule has 10 heteroatoms. The Morgan fingerprint density at radius 2 is 1.83 bits per heavy atom. The standard InChI is InChI=1S/C25H24ClFN6O2/c1-16-8-9-18(14-20(16)27)23-29-24(35-30-23)17(2)31-10-12-32(13-11-31)21-15-28-33(25(34)22(21)26)19-6-4-3-5-7-19/h3-9,14-15,17H,10-13H2,1-2H3. The summed E-state index contributed by atoms with van der Waals surface area (Å²) in [7, 11) is 0. The molecule has 3 heterocycles. The highest BCUT2D eigenvalue weighted by Crippen LogP contribution is 2.27. The van der Waals surface area contributed by atoms with Crippen LogP contribution in [0.1, 0.15) is 24.4 Å². The van der Waals surface area contributed by atoms with Crippen LogP contribution in [0.3, 0.4) is 0 Å². The van der Waals surface area contributed by atoms with E-state index in [0.29, 0.717) is 60.4 Å². The molecule has 35 heavy (non-hydrogen) atoms. The van der Waals surface area contributed by atoms with Crippen molar-refractivity contribution in [1.82, 2.24) is 24.8 Å². The molecule has 0 aliphatic carbocycles. The number of hydrogen-bond donors (Lipinski definition) is 0. The fourth-order valence-corrected chi connectivity index (χ4v) is 4.41. The molecule has 8 nitrogen and oxygen atoms in total. The summed E-state index contributed by atoms with van der Waals surface area (Å²) in [6, 6.07) is 14.0. The second-order valence-electron chi connectivity index (χ2n) is 8.52. The molecule has 180 valence electrons. The first-order valence-electron chi connectivity index (χ1n) is 11.3. The zero-order valence-corrected chi connectivity index (χ0v) is 20.1. The molecular formula is C25H24ClFN6O2. The quantitative estimate of drug-likeness (QED) is 0.410. The zero-order chi connectivity index (χ0) is 24.5. The minimum absolute atomic E-state index is 0.117. The van der Waals surface area contributed by atoms with Gasteiger partial charge in [0.1, 0.15) is 10.8 Å². The Balaban J connectivity index is 1.27. The van der Waals surface area contributed by atoms with Gasteiger partial charge in [-0.3, -0.25) is 9.69 Å². The highest BCUT2D eigenvalue weighted by molar-refractivity contribution is 6.33. The first-order chi connectivity index (χ1) is 16.9. The summed E-state index contributed by atoms with van der Waals surface area (Å²) in [5.41, 5.74) is 2.08. The number of rotatable bonds is 5. The first-order valence-corrected chi connectivity index (χ1v) is 11.7. The van der Waals surface area contributed by atoms with Crippen LogP contribution in [0.2, 0.25) is 5.02 Å². The third kappa shape index (κ3) is 4.56. The predicted molar refractivity (Wildman–Crippen MR) is 131 cm³/mol. The fraction of sp³-hybridized carbons (Fsp3) is 0.280. The molecule has 1 aliphatic heterocycles. The van der Waals surface area contributed by atoms with Crippen LogP contribution in [0.5, 0.6) is 0 Å². The average molecular weight is 495 g/mol. The van der Waals surface area contributed by atoms with Crippen molar-refractivity contribution in [3.63, 3.8) is 0 Å². The van der Waals surface area contributed by atoms with Gasteiger partial charge in [0.2, 0.25) is 11.7 Å². The first kappa shape index (κ1) is 23.2. The van der Waals surface area contributed by atoms with E-state index in [0.717, 1.165) is 0 Å². The molecule has 0 spiro atoms. The second kappa shape index (κ2) is 9.59. The number of aromatic nitrogens is 4. The Morgan fingerprint density at radius 3 is 2.54 bits per heavy atom. The number of halogens is 2. The van der Waals surface area contributed by atoms with E-state index >= 15 is 0 Å². The van der Waals surface area contributed by atoms with Gasteiger partial charge in [0.25, 0.3) is 5.56 Å². The Bertz CT molecular complexity index is 1400. The van der Waals surface area contributed by atoms with Gasteiger partial charge in [-0.25, -0.2) is 4.39 Å². The van der Waals surface area contributed by atoms with E-state index in [1.807, 2.05) is 37.3 Å². The normalized spacial score (nSPS) is 15.4. The van der Waals surface area contributed by atoms with Crippen molar-refractivity contribution in [1.29, 1.82) is 0 Å². The van der Waals surface area contributed by atoms with Crippen molar-refractivity contribution in [2.75, 3.05) is 31.1 Å². The Labute approximate surface area is 206 Å². The van der Waals surface area contributed by atoms with Gasteiger partial charge in [0, 0.05) is 31.7 Å². The van der Waals surface area contributed by atoms with Crippen molar-refractivity contribution in [2.24, 2.45) is 0 Å². The summed E-state index contributed by atoms with van der Waals surface area (Å²) < 4.78 is 20.7. The van der Waals surface area contributed by atoms with Gasteiger partial charge in [-0.1, -0.05) is 47.1 Å². The molecule has 5 rings (SSSR count). The lowest BCUT2D eigenvalue weighted by Gasteiger charge is -2.38. The molecule has 0 saturated carbocycles. The van der Waals surface area contributed by atoms with E-state index in [-0.39, 0.29) is 22.4 Å². The molecule has 4 aromatic rings. The van der Waals surface area contributed by atoms with Crippen LogP contribution in [0, 0.1) is 12.7 Å². The molecule has 0 N–H and O–H groups in total. The van der Waals surface area contributed by atoms with Crippen LogP contribution in [0.4, 0.5) is 10.1 Å². The monoisotopic (exact) mass is 494 g/mol. The largest absolute Gasteiger partial charge is 0.366 e. The van der Waals surface area contributed by atoms with Gasteiger partial charge in [-0.05, 0) is 37.6 Å². The van der Waals surface area contributed by atoms with Crippen LogP contribution < -0.4 is 10.5 Å². The smallest absolute Gasteiger partial charge is 0.292 e. The van der Waals surface area contributed by atoms with Crippen molar-refractivity contribution in [2.45, 2.75) is 19.9 Å². The molecule has 0 radical (unpaired) electrons. The minimum atomic E-state index is -0.350. The minimum Gasteiger partial charge on any atom is -0.366 e. The van der Waals surface area contributed by atoms with E-state index in [2.05, 4.69) is 25.0 Å². The molecule has 1 saturated heterocycles. The summed E-state index contributed by atoms with van der Waals surface area (Å²) in [4.78, 5) is 21.6. The number of hydrogen-bond acceptors (Lipinski definition) is 7. The maximum atomic E-state index is 13.9. The molecule has 0 bridgehead atoms. The summed E-state index contributed by atoms with van der Waals surface area (Å²) in [6.45, 7) is 6.43. The van der Waals surface area contributed by atoms with Crippen LogP contribution in [0.25, 0.3) is 17.1 Å². The van der Waals surface area contributed by atoms with Crippen LogP contribution in [-0.4, -0.2) is 51.0 Å². The molecule has 1 aliphatic rings. The van der Waals surface area contributed by atoms with Gasteiger partial charge < -0.3 is 9.42 Å². The topological polar surface area (TPSA) is 80.3 Å². The van der Waals surface area contributed by atoms with E-state index in [4.69, 9.17) is 16.1 Å². The number of anilines is 1. The predicted octanol–water partition coefficient (Wildman–Crippen LogP) is 4.27. The van der Waals surface area contributed by atoms with Crippen LogP contribution in [-0.2, 0) is 0 Å². The second-order valence-corrected chi connectivity index (χ2v) is 8.89. The number of para-hydroxylation sites is 1. The maximum Gasteiger partial charge on any atom is 0.292 e. The summed E-state index contributed by atoms with van der Waals surface area (Å²) in [5, 5.41) is 8.52. The summed E-state index contributed by atoms with van der Waals surface area (Å²) >= 11 is 6.47. The van der Waals surface area contributed by atoms with Gasteiger partial charge in [-0.15, -0.1) is 0 Å². The lowest BCUT2D eigenvalue weighted by molar-refractivity contribution is 0.164. The number of benzene rings is 2. The van der Waals surface area contributed by atoms with Gasteiger partial charge in [0.15, 0.2) is 0 Å². The lowest BCUT2D eigenvalue weighted by Crippen LogP contribution is -2.47. The van der Waals surface area contributed by atoms with E-state index in [9.17, 15) is 9.18 Å². The van der Waals surface area contributed by atoms with Crippen molar-refractivity contribution < 1.29 is 8.91 Å². The highest BCUT2D eigenvalue weighted by Gasteiger charge is 2.27. The number of piperazine rings is 1. The Morgan fingerprint density at radius 1 is 1.09 bits per heavy atom. The van der Waals surface area contributed by atoms with E-state index in [1.54, 1.807) is 25.3 Å². The van der Waals surface area contributed by atoms with Crippen molar-refractivity contribution in [3.05, 3.63) is 87.4 Å². The maximum absolute atomic E-state index is 13.9. The van der Waals surface area contributed by atoms with E-state index < -0.39 is 0 Å². The third-order valence-corrected chi connectivity index (χ3v) is 6.69. The highest BCUT2D eigenvalue weighted by atomic mass is 35.5. The summed E-state index contributed by atoms with van der Waals surface area (Å²) in [5.74, 6) is 0.531. The van der Waals surface area contributed by atoms with Gasteiger partial charge in [-0.2, -0.15) is 14.8 Å². The van der Waals surface area contributed by atoms with E-state index in [1.165, 1.54) is 10.7 Å². The van der Waals surface area contributed by atoms with Gasteiger partial charge >= 0.3 is 0 Å². The van der Waals surface area contributed by atoms with Gasteiger partial charge in [0.05, 0.1) is 23.6 Å². The van der Waals surface area contributed by atoms with Crippen molar-refractivity contribution >= 4 is 17.3 Å². The molecule has 1 fully saturated rings. The molecule has 1 unspecified atom stereocenters. The zero-order valence-electron chi connectivity index (χ0n) is 19.4. The lowest BCUT2D eigenvalue weighted by atomic mass is 10.1. The number of aryl methyl sites for hydroxylation is 1. The third-order valence-electron chi connectivity index (χ3n) is 6.33. The Hall–Kier alpha value is -3.56. The molecular weight excluding hydrogens is 471 g/mol. The molecule has 1 atom stereocenters. The Kier molecular flexibility index (Phi) is 6.36. The van der Waals surface area contributed by atoms with Crippen LogP contribution >= 0.6 is 11.6 Å². The average Bonchev–Trinajstić information content (AvgIpc) is 3.38. The molecule has 2 aromatic carbocycles. The number of nitrogens with zero attached hydrogens (tertiary/aromatic N) is 6. The summed E-state index contributed by atoms with van der Waals surface area (Å²) in [6.07, 6.45) is 1.64.